The molecule has 1 aromatic heterocycles. The van der Waals surface area contributed by atoms with Crippen LogP contribution >= 0.6 is 0 Å². The molecule has 2 aromatic carbocycles. The molecule has 0 amide bonds. The molecule has 3 aromatic rings. The standard InChI is InChI=1S/C18H17F2N3O.CH5N/c19-15-4-3-12(8-11(15)10-22)24-18-14(2-1-6-21)13-5-7-23-17(13)9-16(18)20;1-2/h3-5,7-10,22-23H,1-2,6,21H2;2H2,1H3. The van der Waals surface area contributed by atoms with Gasteiger partial charge in [0, 0.05) is 40.5 Å². The lowest BCUT2D eigenvalue weighted by molar-refractivity contribution is 0.436. The van der Waals surface area contributed by atoms with Gasteiger partial charge in [0.15, 0.2) is 11.6 Å². The zero-order valence-corrected chi connectivity index (χ0v) is 14.5. The van der Waals surface area contributed by atoms with Crippen LogP contribution in [0.3, 0.4) is 0 Å². The van der Waals surface area contributed by atoms with Crippen LogP contribution in [-0.4, -0.2) is 24.8 Å². The summed E-state index contributed by atoms with van der Waals surface area (Å²) in [5, 5.41) is 8.08. The Morgan fingerprint density at radius 1 is 1.15 bits per heavy atom. The van der Waals surface area contributed by atoms with Crippen LogP contribution in [0.2, 0.25) is 0 Å². The van der Waals surface area contributed by atoms with Crippen molar-refractivity contribution < 1.29 is 13.5 Å². The number of H-pyrrole nitrogens is 1. The summed E-state index contributed by atoms with van der Waals surface area (Å²) < 4.78 is 33.8. The average Bonchev–Trinajstić information content (AvgIpc) is 3.12. The zero-order valence-electron chi connectivity index (χ0n) is 14.5. The molecule has 6 N–H and O–H groups in total. The Kier molecular flexibility index (Phi) is 6.82. The topological polar surface area (TPSA) is 101 Å². The summed E-state index contributed by atoms with van der Waals surface area (Å²) in [6, 6.07) is 7.21. The fourth-order valence-electron chi connectivity index (χ4n) is 2.67. The fraction of sp³-hybridized carbons (Fsp3) is 0.211. The van der Waals surface area contributed by atoms with Gasteiger partial charge in [-0.3, -0.25) is 0 Å². The molecule has 0 saturated heterocycles. The van der Waals surface area contributed by atoms with Gasteiger partial charge >= 0.3 is 0 Å². The van der Waals surface area contributed by atoms with Crippen molar-refractivity contribution in [2.45, 2.75) is 12.8 Å². The number of rotatable bonds is 6. The molecule has 0 aliphatic heterocycles. The van der Waals surface area contributed by atoms with Crippen molar-refractivity contribution in [2.75, 3.05) is 13.6 Å². The first kappa shape index (κ1) is 19.6. The summed E-state index contributed by atoms with van der Waals surface area (Å²) in [5.74, 6) is -0.643. The van der Waals surface area contributed by atoms with Crippen molar-refractivity contribution in [1.29, 1.82) is 5.41 Å². The Morgan fingerprint density at radius 2 is 1.92 bits per heavy atom. The molecule has 26 heavy (non-hydrogen) atoms. The predicted molar refractivity (Wildman–Crippen MR) is 100 cm³/mol. The first-order valence-electron chi connectivity index (χ1n) is 8.18. The van der Waals surface area contributed by atoms with Crippen LogP contribution in [0.15, 0.2) is 36.5 Å². The van der Waals surface area contributed by atoms with E-state index >= 15 is 0 Å². The largest absolute Gasteiger partial charge is 0.454 e. The van der Waals surface area contributed by atoms with Gasteiger partial charge < -0.3 is 26.6 Å². The van der Waals surface area contributed by atoms with E-state index in [0.717, 1.165) is 17.2 Å². The third-order valence-corrected chi connectivity index (χ3v) is 3.84. The SMILES string of the molecule is CN.N=Cc1cc(Oc2c(F)cc3[nH]ccc3c2CCCN)ccc1F. The highest BCUT2D eigenvalue weighted by molar-refractivity contribution is 5.85. The van der Waals surface area contributed by atoms with E-state index < -0.39 is 11.6 Å². The summed E-state index contributed by atoms with van der Waals surface area (Å²) in [5.41, 5.74) is 11.6. The predicted octanol–water partition coefficient (Wildman–Crippen LogP) is 3.70. The lowest BCUT2D eigenvalue weighted by atomic mass is 10.0. The third-order valence-electron chi connectivity index (χ3n) is 3.84. The molecule has 0 bridgehead atoms. The molecule has 0 spiro atoms. The van der Waals surface area contributed by atoms with Gasteiger partial charge in [0.2, 0.25) is 0 Å². The number of nitrogens with one attached hydrogen (secondary N) is 2. The molecule has 0 unspecified atom stereocenters. The average molecular weight is 360 g/mol. The zero-order chi connectivity index (χ0) is 19.1. The molecule has 0 radical (unpaired) electrons. The molecule has 0 aliphatic carbocycles. The van der Waals surface area contributed by atoms with Crippen LogP contribution in [0.5, 0.6) is 11.5 Å². The van der Waals surface area contributed by atoms with Crippen LogP contribution in [0.1, 0.15) is 17.5 Å². The summed E-state index contributed by atoms with van der Waals surface area (Å²) in [4.78, 5) is 2.99. The Hall–Kier alpha value is -2.77. The maximum Gasteiger partial charge on any atom is 0.168 e. The van der Waals surface area contributed by atoms with Crippen molar-refractivity contribution in [1.82, 2.24) is 4.98 Å². The number of aromatic nitrogens is 1. The molecule has 3 rings (SSSR count). The number of fused-ring (bicyclic) bond motifs is 1. The minimum Gasteiger partial charge on any atom is -0.454 e. The third kappa shape index (κ3) is 4.07. The molecular weight excluding hydrogens is 338 g/mol. The highest BCUT2D eigenvalue weighted by Crippen LogP contribution is 2.35. The van der Waals surface area contributed by atoms with E-state index in [0.29, 0.717) is 24.9 Å². The van der Waals surface area contributed by atoms with Gasteiger partial charge in [0.05, 0.1) is 0 Å². The van der Waals surface area contributed by atoms with E-state index in [1.807, 2.05) is 6.07 Å². The van der Waals surface area contributed by atoms with Gasteiger partial charge in [-0.15, -0.1) is 0 Å². The maximum atomic E-state index is 14.5. The smallest absolute Gasteiger partial charge is 0.168 e. The highest BCUT2D eigenvalue weighted by atomic mass is 19.1. The van der Waals surface area contributed by atoms with E-state index in [1.54, 1.807) is 6.20 Å². The van der Waals surface area contributed by atoms with Crippen molar-refractivity contribution in [3.05, 3.63) is 59.3 Å². The van der Waals surface area contributed by atoms with Crippen LogP contribution in [-0.2, 0) is 6.42 Å². The van der Waals surface area contributed by atoms with Crippen LogP contribution in [0.25, 0.3) is 10.9 Å². The number of ether oxygens (including phenoxy) is 1. The second-order valence-corrected chi connectivity index (χ2v) is 5.43. The van der Waals surface area contributed by atoms with E-state index in [9.17, 15) is 8.78 Å². The van der Waals surface area contributed by atoms with Crippen LogP contribution in [0, 0.1) is 17.0 Å². The van der Waals surface area contributed by atoms with E-state index in [4.69, 9.17) is 15.9 Å². The number of nitrogens with two attached hydrogens (primary N) is 2. The first-order valence-corrected chi connectivity index (χ1v) is 8.18. The number of halogens is 2. The molecular formula is C19H22F2N4O. The minimum atomic E-state index is -0.526. The van der Waals surface area contributed by atoms with E-state index in [-0.39, 0.29) is 17.1 Å². The van der Waals surface area contributed by atoms with Crippen LogP contribution in [0.4, 0.5) is 8.78 Å². The number of hydrogen-bond acceptors (Lipinski definition) is 4. The van der Waals surface area contributed by atoms with Crippen molar-refractivity contribution >= 4 is 17.1 Å². The Balaban J connectivity index is 0.00000117. The van der Waals surface area contributed by atoms with Gasteiger partial charge in [-0.1, -0.05) is 0 Å². The Labute approximate surface area is 150 Å². The first-order chi connectivity index (χ1) is 12.6. The minimum absolute atomic E-state index is 0.0825. The monoisotopic (exact) mass is 360 g/mol. The number of hydrogen-bond donors (Lipinski definition) is 4. The summed E-state index contributed by atoms with van der Waals surface area (Å²) >= 11 is 0. The normalized spacial score (nSPS) is 10.3. The molecule has 138 valence electrons. The lowest BCUT2D eigenvalue weighted by Crippen LogP contribution is -2.03. The van der Waals surface area contributed by atoms with E-state index in [1.165, 1.54) is 31.3 Å². The van der Waals surface area contributed by atoms with Crippen molar-refractivity contribution in [3.8, 4) is 11.5 Å². The van der Waals surface area contributed by atoms with Gasteiger partial charge in [0.1, 0.15) is 11.6 Å². The second kappa shape index (κ2) is 9.07. The number of aryl methyl sites for hydroxylation is 1. The Morgan fingerprint density at radius 3 is 2.62 bits per heavy atom. The van der Waals surface area contributed by atoms with Gasteiger partial charge in [0.25, 0.3) is 0 Å². The van der Waals surface area contributed by atoms with Gasteiger partial charge in [-0.2, -0.15) is 0 Å². The van der Waals surface area contributed by atoms with Gasteiger partial charge in [-0.25, -0.2) is 8.78 Å². The fourth-order valence-corrected chi connectivity index (χ4v) is 2.67. The summed E-state index contributed by atoms with van der Waals surface area (Å²) in [7, 11) is 1.50. The summed E-state index contributed by atoms with van der Waals surface area (Å²) in [6.45, 7) is 0.483. The van der Waals surface area contributed by atoms with Crippen molar-refractivity contribution in [3.63, 3.8) is 0 Å². The highest BCUT2D eigenvalue weighted by Gasteiger charge is 2.17. The maximum absolute atomic E-state index is 14.5. The summed E-state index contributed by atoms with van der Waals surface area (Å²) in [6.07, 6.45) is 3.89. The number of aromatic amines is 1. The molecule has 0 fully saturated rings. The lowest BCUT2D eigenvalue weighted by Gasteiger charge is -2.14. The molecule has 0 atom stereocenters. The Bertz CT molecular complexity index is 893. The van der Waals surface area contributed by atoms with Gasteiger partial charge in [-0.05, 0) is 50.7 Å². The van der Waals surface area contributed by atoms with Crippen LogP contribution < -0.4 is 16.2 Å². The molecule has 5 nitrogen and oxygen atoms in total. The molecule has 1 heterocycles. The van der Waals surface area contributed by atoms with E-state index in [2.05, 4.69) is 10.7 Å². The molecule has 0 saturated carbocycles. The molecule has 0 aliphatic rings. The number of benzene rings is 2. The quantitative estimate of drug-likeness (QED) is 0.504. The molecule has 7 heteroatoms. The second-order valence-electron chi connectivity index (χ2n) is 5.43. The van der Waals surface area contributed by atoms with Crippen molar-refractivity contribution in [2.24, 2.45) is 11.5 Å².